The van der Waals surface area contributed by atoms with Crippen molar-refractivity contribution in [1.82, 2.24) is 9.80 Å². The van der Waals surface area contributed by atoms with Crippen molar-refractivity contribution in [2.45, 2.75) is 38.4 Å². The summed E-state index contributed by atoms with van der Waals surface area (Å²) in [7, 11) is 0. The van der Waals surface area contributed by atoms with Gasteiger partial charge in [-0.25, -0.2) is 0 Å². The van der Waals surface area contributed by atoms with Crippen molar-refractivity contribution in [3.8, 4) is 0 Å². The number of carbonyl (C=O) groups excluding carboxylic acids is 2. The van der Waals surface area contributed by atoms with Crippen LogP contribution in [0.3, 0.4) is 0 Å². The van der Waals surface area contributed by atoms with Crippen molar-refractivity contribution in [3.63, 3.8) is 0 Å². The van der Waals surface area contributed by atoms with E-state index in [0.29, 0.717) is 11.1 Å². The Labute approximate surface area is 148 Å². The molecule has 26 heavy (non-hydrogen) atoms. The molecule has 2 heterocycles. The molecule has 1 unspecified atom stereocenters. The molecule has 2 fully saturated rings. The maximum absolute atomic E-state index is 13.2. The monoisotopic (exact) mass is 374 g/mol. The van der Waals surface area contributed by atoms with E-state index >= 15 is 0 Å². The molecule has 1 N–H and O–H groups in total. The van der Waals surface area contributed by atoms with E-state index in [1.165, 1.54) is 22.3 Å². The molecule has 1 saturated heterocycles. The van der Waals surface area contributed by atoms with Crippen LogP contribution in [0.5, 0.6) is 0 Å². The zero-order chi connectivity index (χ0) is 19.1. The van der Waals surface area contributed by atoms with Crippen LogP contribution in [0, 0.1) is 12.3 Å². The molecule has 0 spiro atoms. The first-order valence-electron chi connectivity index (χ1n) is 8.52. The molecule has 144 valence electrons. The number of amides is 2. The van der Waals surface area contributed by atoms with Crippen LogP contribution < -0.4 is 0 Å². The van der Waals surface area contributed by atoms with Gasteiger partial charge in [0, 0.05) is 26.2 Å². The second-order valence-electron chi connectivity index (χ2n) is 6.96. The molecular formula is C17H21F3N2O4. The Morgan fingerprint density at radius 1 is 1.31 bits per heavy atom. The summed E-state index contributed by atoms with van der Waals surface area (Å²) in [6.07, 6.45) is -1.98. The Kier molecular flexibility index (Phi) is 4.76. The Hall–Kier alpha value is -2.03. The van der Waals surface area contributed by atoms with Crippen molar-refractivity contribution in [2.75, 3.05) is 26.2 Å². The second kappa shape index (κ2) is 6.61. The fraction of sp³-hybridized carbons (Fsp3) is 0.647. The van der Waals surface area contributed by atoms with E-state index in [4.69, 9.17) is 4.42 Å². The molecule has 0 bridgehead atoms. The van der Waals surface area contributed by atoms with Gasteiger partial charge in [0.05, 0.1) is 17.9 Å². The van der Waals surface area contributed by atoms with Crippen LogP contribution in [0.15, 0.2) is 16.9 Å². The summed E-state index contributed by atoms with van der Waals surface area (Å²) in [5, 5.41) is 9.29. The van der Waals surface area contributed by atoms with Gasteiger partial charge in [0.15, 0.2) is 0 Å². The first kappa shape index (κ1) is 18.8. The van der Waals surface area contributed by atoms with Crippen molar-refractivity contribution < 1.29 is 32.3 Å². The van der Waals surface area contributed by atoms with E-state index in [-0.39, 0.29) is 51.4 Å². The lowest BCUT2D eigenvalue weighted by atomic mass is 10.0. The lowest BCUT2D eigenvalue weighted by Crippen LogP contribution is -2.59. The van der Waals surface area contributed by atoms with Crippen LogP contribution in [-0.4, -0.2) is 65.2 Å². The van der Waals surface area contributed by atoms with Gasteiger partial charge < -0.3 is 19.3 Å². The Bertz CT molecular complexity index is 696. The number of alkyl halides is 3. The topological polar surface area (TPSA) is 74.0 Å². The second-order valence-corrected chi connectivity index (χ2v) is 6.96. The fourth-order valence-electron chi connectivity index (χ4n) is 3.48. The SMILES string of the molecule is Cc1cocc1C(=O)N1CCN(C(=O)C2(C(F)(F)F)CC2)CC1CCO. The van der Waals surface area contributed by atoms with Crippen LogP contribution in [0.2, 0.25) is 0 Å². The molecule has 2 amide bonds. The smallest absolute Gasteiger partial charge is 0.403 e. The Balaban J connectivity index is 1.75. The first-order chi connectivity index (χ1) is 12.2. The molecule has 9 heteroatoms. The summed E-state index contributed by atoms with van der Waals surface area (Å²) in [6, 6.07) is -0.538. The summed E-state index contributed by atoms with van der Waals surface area (Å²) in [5.74, 6) is -1.22. The third-order valence-corrected chi connectivity index (χ3v) is 5.28. The fourth-order valence-corrected chi connectivity index (χ4v) is 3.48. The summed E-state index contributed by atoms with van der Waals surface area (Å²) in [4.78, 5) is 27.9. The van der Waals surface area contributed by atoms with E-state index < -0.39 is 23.5 Å². The van der Waals surface area contributed by atoms with Gasteiger partial charge in [-0.2, -0.15) is 13.2 Å². The lowest BCUT2D eigenvalue weighted by molar-refractivity contribution is -0.199. The van der Waals surface area contributed by atoms with Gasteiger partial charge in [-0.15, -0.1) is 0 Å². The molecule has 0 radical (unpaired) electrons. The van der Waals surface area contributed by atoms with Gasteiger partial charge in [-0.05, 0) is 31.7 Å². The highest BCUT2D eigenvalue weighted by Gasteiger charge is 2.69. The molecule has 3 rings (SSSR count). The molecule has 1 aliphatic heterocycles. The van der Waals surface area contributed by atoms with Crippen LogP contribution in [-0.2, 0) is 4.79 Å². The first-order valence-corrected chi connectivity index (χ1v) is 8.52. The molecule has 1 saturated carbocycles. The van der Waals surface area contributed by atoms with E-state index in [2.05, 4.69) is 0 Å². The normalized spacial score (nSPS) is 22.4. The van der Waals surface area contributed by atoms with Crippen molar-refractivity contribution in [3.05, 3.63) is 23.7 Å². The Morgan fingerprint density at radius 3 is 2.50 bits per heavy atom. The van der Waals surface area contributed by atoms with Crippen LogP contribution >= 0.6 is 0 Å². The highest BCUT2D eigenvalue weighted by Crippen LogP contribution is 2.58. The molecule has 2 aliphatic rings. The molecule has 1 atom stereocenters. The summed E-state index contributed by atoms with van der Waals surface area (Å²) in [5.41, 5.74) is -1.23. The van der Waals surface area contributed by atoms with Gasteiger partial charge in [0.2, 0.25) is 5.91 Å². The number of aliphatic hydroxyl groups excluding tert-OH is 1. The summed E-state index contributed by atoms with van der Waals surface area (Å²) in [6.45, 7) is 1.64. The third kappa shape index (κ3) is 3.08. The molecule has 0 aromatic carbocycles. The van der Waals surface area contributed by atoms with Gasteiger partial charge in [-0.3, -0.25) is 9.59 Å². The number of aliphatic hydroxyl groups is 1. The molecule has 1 aromatic heterocycles. The standard InChI is InChI=1S/C17H21F3N2O4/c1-11-9-26-10-13(11)14(24)22-6-5-21(8-12(22)2-7-23)15(25)16(3-4-16)17(18,19)20/h9-10,12,23H,2-8H2,1H3. The van der Waals surface area contributed by atoms with Crippen LogP contribution in [0.25, 0.3) is 0 Å². The van der Waals surface area contributed by atoms with Gasteiger partial charge in [0.25, 0.3) is 5.91 Å². The average Bonchev–Trinajstić information content (AvgIpc) is 3.30. The minimum Gasteiger partial charge on any atom is -0.471 e. The number of furan rings is 1. The number of carbonyl (C=O) groups is 2. The average molecular weight is 374 g/mol. The third-order valence-electron chi connectivity index (χ3n) is 5.28. The molecule has 1 aromatic rings. The predicted octanol–water partition coefficient (Wildman–Crippen LogP) is 1.97. The van der Waals surface area contributed by atoms with E-state index in [1.807, 2.05) is 0 Å². The Morgan fingerprint density at radius 2 is 2.00 bits per heavy atom. The highest BCUT2D eigenvalue weighted by atomic mass is 19.4. The quantitative estimate of drug-likeness (QED) is 0.875. The maximum atomic E-state index is 13.2. The lowest BCUT2D eigenvalue weighted by Gasteiger charge is -2.42. The zero-order valence-electron chi connectivity index (χ0n) is 14.4. The molecule has 1 aliphatic carbocycles. The van der Waals surface area contributed by atoms with E-state index in [1.54, 1.807) is 6.92 Å². The number of rotatable bonds is 4. The zero-order valence-corrected chi connectivity index (χ0v) is 14.4. The number of nitrogens with zero attached hydrogens (tertiary/aromatic N) is 2. The number of halogens is 3. The number of hydrogen-bond acceptors (Lipinski definition) is 4. The van der Waals surface area contributed by atoms with Crippen LogP contribution in [0.1, 0.15) is 35.2 Å². The van der Waals surface area contributed by atoms with Gasteiger partial charge in [0.1, 0.15) is 11.7 Å². The van der Waals surface area contributed by atoms with Crippen molar-refractivity contribution in [2.24, 2.45) is 5.41 Å². The predicted molar refractivity (Wildman–Crippen MR) is 84.3 cm³/mol. The minimum absolute atomic E-state index is 0.0140. The van der Waals surface area contributed by atoms with Gasteiger partial charge >= 0.3 is 6.18 Å². The largest absolute Gasteiger partial charge is 0.471 e. The van der Waals surface area contributed by atoms with E-state index in [9.17, 15) is 27.9 Å². The highest BCUT2D eigenvalue weighted by molar-refractivity contribution is 5.95. The van der Waals surface area contributed by atoms with Crippen molar-refractivity contribution >= 4 is 11.8 Å². The maximum Gasteiger partial charge on any atom is 0.403 e. The van der Waals surface area contributed by atoms with E-state index in [0.717, 1.165) is 0 Å². The molecular weight excluding hydrogens is 353 g/mol. The number of hydrogen-bond donors (Lipinski definition) is 1. The van der Waals surface area contributed by atoms with Gasteiger partial charge in [-0.1, -0.05) is 0 Å². The number of aryl methyl sites for hydroxylation is 1. The molecule has 6 nitrogen and oxygen atoms in total. The number of piperazine rings is 1. The minimum atomic E-state index is -4.56. The van der Waals surface area contributed by atoms with Crippen LogP contribution in [0.4, 0.5) is 13.2 Å². The summed E-state index contributed by atoms with van der Waals surface area (Å²) >= 11 is 0. The summed E-state index contributed by atoms with van der Waals surface area (Å²) < 4.78 is 44.7. The van der Waals surface area contributed by atoms with Crippen molar-refractivity contribution in [1.29, 1.82) is 0 Å².